The lowest BCUT2D eigenvalue weighted by Crippen LogP contribution is -2.39. The summed E-state index contributed by atoms with van der Waals surface area (Å²) in [6.07, 6.45) is 4.03. The highest BCUT2D eigenvalue weighted by Gasteiger charge is 2.31. The lowest BCUT2D eigenvalue weighted by Gasteiger charge is -2.26. The van der Waals surface area contributed by atoms with Crippen molar-refractivity contribution in [1.29, 1.82) is 0 Å². The van der Waals surface area contributed by atoms with Gasteiger partial charge < -0.3 is 20.5 Å². The average Bonchev–Trinajstić information content (AvgIpc) is 3.13. The second-order valence-electron chi connectivity index (χ2n) is 8.09. The minimum Gasteiger partial charge on any atom is -0.506 e. The highest BCUT2D eigenvalue weighted by Crippen LogP contribution is 2.36. The van der Waals surface area contributed by atoms with Gasteiger partial charge in [0.1, 0.15) is 5.75 Å². The molecular formula is C24H27IN2O3. The highest BCUT2D eigenvalue weighted by molar-refractivity contribution is 14.1. The van der Waals surface area contributed by atoms with Gasteiger partial charge in [-0.2, -0.15) is 0 Å². The van der Waals surface area contributed by atoms with Gasteiger partial charge in [-0.05, 0) is 82.7 Å². The number of aromatic amines is 1. The second-order valence-corrected chi connectivity index (χ2v) is 9.87. The Morgan fingerprint density at radius 1 is 1.10 bits per heavy atom. The maximum absolute atomic E-state index is 11.7. The van der Waals surface area contributed by atoms with Crippen LogP contribution in [0, 0.1) is 0 Å². The summed E-state index contributed by atoms with van der Waals surface area (Å²) >= 11 is 2.04. The zero-order valence-electron chi connectivity index (χ0n) is 17.3. The number of alkyl halides is 1. The highest BCUT2D eigenvalue weighted by atomic mass is 127. The molecule has 4 rings (SSSR count). The average molecular weight is 518 g/mol. The molecule has 0 fully saturated rings. The number of aromatic hydroxyl groups is 1. The Hall–Kier alpha value is -1.90. The molecule has 1 aromatic heterocycles. The molecule has 30 heavy (non-hydrogen) atoms. The zero-order valence-corrected chi connectivity index (χ0v) is 19.4. The molecule has 0 amide bonds. The lowest BCUT2D eigenvalue weighted by atomic mass is 9.97. The molecule has 0 saturated carbocycles. The van der Waals surface area contributed by atoms with E-state index in [0.29, 0.717) is 23.0 Å². The van der Waals surface area contributed by atoms with Crippen LogP contribution in [0.4, 0.5) is 0 Å². The first-order valence-electron chi connectivity index (χ1n) is 10.5. The molecule has 0 bridgehead atoms. The summed E-state index contributed by atoms with van der Waals surface area (Å²) in [5, 5.41) is 25.5. The van der Waals surface area contributed by atoms with E-state index in [0.717, 1.165) is 25.7 Å². The number of phenols is 1. The lowest BCUT2D eigenvalue weighted by molar-refractivity contribution is 0.151. The first-order valence-corrected chi connectivity index (χ1v) is 11.5. The van der Waals surface area contributed by atoms with Crippen LogP contribution in [0.3, 0.4) is 0 Å². The number of hydrogen-bond acceptors (Lipinski definition) is 4. The van der Waals surface area contributed by atoms with Gasteiger partial charge in [0, 0.05) is 29.6 Å². The maximum atomic E-state index is 11.7. The van der Waals surface area contributed by atoms with Gasteiger partial charge in [0.05, 0.1) is 5.52 Å². The largest absolute Gasteiger partial charge is 0.506 e. The number of aliphatic hydroxyl groups is 1. The van der Waals surface area contributed by atoms with Crippen molar-refractivity contribution in [1.82, 2.24) is 10.3 Å². The Balaban J connectivity index is 1.53. The summed E-state index contributed by atoms with van der Waals surface area (Å²) in [5.74, 6) is -0.00342. The van der Waals surface area contributed by atoms with Crippen molar-refractivity contribution in [3.8, 4) is 5.75 Å². The van der Waals surface area contributed by atoms with Crippen molar-refractivity contribution in [3.63, 3.8) is 0 Å². The Labute approximate surface area is 189 Å². The molecule has 6 heteroatoms. The molecule has 158 valence electrons. The van der Waals surface area contributed by atoms with E-state index in [-0.39, 0.29) is 17.4 Å². The van der Waals surface area contributed by atoms with Gasteiger partial charge in [-0.25, -0.2) is 0 Å². The van der Waals surface area contributed by atoms with Crippen molar-refractivity contribution in [2.45, 2.75) is 49.2 Å². The van der Waals surface area contributed by atoms with E-state index in [1.165, 1.54) is 34.4 Å². The molecule has 1 unspecified atom stereocenters. The molecule has 1 atom stereocenters. The number of nitrogens with one attached hydrogen (secondary N) is 2. The summed E-state index contributed by atoms with van der Waals surface area (Å²) in [4.78, 5) is 14.3. The Kier molecular flexibility index (Phi) is 5.92. The molecule has 3 aromatic rings. The normalized spacial score (nSPS) is 16.0. The number of hydrogen-bond donors (Lipinski definition) is 4. The van der Waals surface area contributed by atoms with Crippen LogP contribution in [0.15, 0.2) is 41.2 Å². The van der Waals surface area contributed by atoms with Crippen molar-refractivity contribution in [2.24, 2.45) is 0 Å². The Bertz CT molecular complexity index is 1120. The third-order valence-corrected chi connectivity index (χ3v) is 7.09. The van der Waals surface area contributed by atoms with Crippen LogP contribution in [0.25, 0.3) is 10.9 Å². The molecule has 0 saturated heterocycles. The van der Waals surface area contributed by atoms with Crippen LogP contribution in [0.2, 0.25) is 0 Å². The standard InChI is InChI=1S/C24H27IN2O3/c1-3-14-9-16-11-18(12-17(16)10-15(14)4-2)26-13-24(25,30)20-6-7-21(28)23-19(20)5-8-22(29)27-23/h5-10,18,26,28,30H,3-4,11-13H2,1-2H3,(H,27,29). The van der Waals surface area contributed by atoms with Crippen LogP contribution in [-0.2, 0) is 29.3 Å². The number of rotatable bonds is 6. The van der Waals surface area contributed by atoms with E-state index in [4.69, 9.17) is 0 Å². The molecule has 2 aromatic carbocycles. The van der Waals surface area contributed by atoms with Crippen molar-refractivity contribution in [2.75, 3.05) is 6.54 Å². The van der Waals surface area contributed by atoms with Crippen LogP contribution in [0.1, 0.15) is 41.7 Å². The Morgan fingerprint density at radius 3 is 2.33 bits per heavy atom. The minimum absolute atomic E-state index is 0.00342. The number of pyridine rings is 1. The fourth-order valence-electron chi connectivity index (χ4n) is 4.52. The summed E-state index contributed by atoms with van der Waals surface area (Å²) in [5.41, 5.74) is 6.42. The van der Waals surface area contributed by atoms with Gasteiger partial charge in [-0.3, -0.25) is 4.79 Å². The van der Waals surface area contributed by atoms with Crippen molar-refractivity contribution < 1.29 is 10.2 Å². The van der Waals surface area contributed by atoms with Gasteiger partial charge in [0.2, 0.25) is 5.56 Å². The fourth-order valence-corrected chi connectivity index (χ4v) is 5.21. The molecule has 0 radical (unpaired) electrons. The summed E-state index contributed by atoms with van der Waals surface area (Å²) in [6.45, 7) is 4.78. The molecule has 4 N–H and O–H groups in total. The number of H-pyrrole nitrogens is 1. The van der Waals surface area contributed by atoms with E-state index < -0.39 is 3.61 Å². The maximum Gasteiger partial charge on any atom is 0.248 e. The number of aromatic nitrogens is 1. The fraction of sp³-hybridized carbons (Fsp3) is 0.375. The molecule has 5 nitrogen and oxygen atoms in total. The molecule has 0 aliphatic heterocycles. The topological polar surface area (TPSA) is 85.3 Å². The number of aryl methyl sites for hydroxylation is 2. The van der Waals surface area contributed by atoms with Crippen LogP contribution >= 0.6 is 22.6 Å². The third kappa shape index (κ3) is 4.00. The number of phenolic OH excluding ortho intramolecular Hbond substituents is 1. The summed E-state index contributed by atoms with van der Waals surface area (Å²) < 4.78 is -1.18. The van der Waals surface area contributed by atoms with E-state index >= 15 is 0 Å². The molecule has 1 aliphatic rings. The quantitative estimate of drug-likeness (QED) is 0.296. The molecule has 0 spiro atoms. The van der Waals surface area contributed by atoms with Gasteiger partial charge in [0.25, 0.3) is 0 Å². The molecule has 1 heterocycles. The number of benzene rings is 2. The van der Waals surface area contributed by atoms with E-state index in [1.54, 1.807) is 12.1 Å². The van der Waals surface area contributed by atoms with E-state index in [1.807, 2.05) is 22.6 Å². The second kappa shape index (κ2) is 8.32. The summed E-state index contributed by atoms with van der Waals surface area (Å²) in [6, 6.07) is 11.3. The van der Waals surface area contributed by atoms with E-state index in [9.17, 15) is 15.0 Å². The summed E-state index contributed by atoms with van der Waals surface area (Å²) in [7, 11) is 0. The third-order valence-electron chi connectivity index (χ3n) is 6.13. The predicted molar refractivity (Wildman–Crippen MR) is 129 cm³/mol. The minimum atomic E-state index is -1.18. The van der Waals surface area contributed by atoms with Crippen LogP contribution in [0.5, 0.6) is 5.75 Å². The SMILES string of the molecule is CCc1cc2c(cc1CC)CC(NCC(O)(I)c1ccc(O)c3[nH]c(=O)ccc13)C2. The predicted octanol–water partition coefficient (Wildman–Crippen LogP) is 3.70. The number of halogens is 1. The van der Waals surface area contributed by atoms with Gasteiger partial charge in [-0.15, -0.1) is 0 Å². The van der Waals surface area contributed by atoms with Gasteiger partial charge in [-0.1, -0.05) is 32.0 Å². The van der Waals surface area contributed by atoms with Gasteiger partial charge >= 0.3 is 0 Å². The van der Waals surface area contributed by atoms with Crippen molar-refractivity contribution in [3.05, 3.63) is 74.6 Å². The first kappa shape index (κ1) is 21.3. The van der Waals surface area contributed by atoms with Gasteiger partial charge in [0.15, 0.2) is 3.61 Å². The monoisotopic (exact) mass is 518 g/mol. The smallest absolute Gasteiger partial charge is 0.248 e. The van der Waals surface area contributed by atoms with Crippen molar-refractivity contribution >= 4 is 33.5 Å². The van der Waals surface area contributed by atoms with E-state index in [2.05, 4.69) is 36.3 Å². The van der Waals surface area contributed by atoms with Crippen LogP contribution in [-0.4, -0.2) is 27.8 Å². The first-order chi connectivity index (χ1) is 14.3. The molecular weight excluding hydrogens is 491 g/mol. The zero-order chi connectivity index (χ0) is 21.5. The Morgan fingerprint density at radius 2 is 1.73 bits per heavy atom. The van der Waals surface area contributed by atoms with Crippen LogP contribution < -0.4 is 10.9 Å². The number of fused-ring (bicyclic) bond motifs is 2. The molecule has 1 aliphatic carbocycles.